The third-order valence-corrected chi connectivity index (χ3v) is 3.23. The second-order valence-corrected chi connectivity index (χ2v) is 5.88. The third kappa shape index (κ3) is 3.65. The van der Waals surface area contributed by atoms with Crippen LogP contribution in [0.3, 0.4) is 0 Å². The molecule has 3 nitrogen and oxygen atoms in total. The van der Waals surface area contributed by atoms with Gasteiger partial charge in [0.25, 0.3) is 5.60 Å². The second kappa shape index (κ2) is 5.62. The molecule has 0 spiro atoms. The summed E-state index contributed by atoms with van der Waals surface area (Å²) >= 11 is 0. The monoisotopic (exact) mass is 322 g/mol. The van der Waals surface area contributed by atoms with Gasteiger partial charge < -0.3 is 14.0 Å². The molecule has 0 saturated carbocycles. The van der Waals surface area contributed by atoms with Gasteiger partial charge in [-0.15, -0.1) is 0 Å². The van der Waals surface area contributed by atoms with Gasteiger partial charge in [-0.25, -0.2) is 0 Å². The van der Waals surface area contributed by atoms with Gasteiger partial charge in [-0.2, -0.15) is 26.3 Å². The van der Waals surface area contributed by atoms with Crippen LogP contribution in [0.1, 0.15) is 34.1 Å². The molecule has 0 bridgehead atoms. The summed E-state index contributed by atoms with van der Waals surface area (Å²) < 4.78 is 92.6. The Kier molecular flexibility index (Phi) is 4.97. The van der Waals surface area contributed by atoms with Crippen LogP contribution in [0, 0.1) is 5.41 Å². The summed E-state index contributed by atoms with van der Waals surface area (Å²) in [6, 6.07) is 0. The van der Waals surface area contributed by atoms with Gasteiger partial charge in [-0.05, 0) is 12.3 Å². The molecule has 1 rings (SSSR count). The third-order valence-electron chi connectivity index (χ3n) is 3.23. The summed E-state index contributed by atoms with van der Waals surface area (Å²) in [6.45, 7) is 5.74. The lowest BCUT2D eigenvalue weighted by Crippen LogP contribution is -2.67. The Morgan fingerprint density at radius 3 is 1.90 bits per heavy atom. The summed E-state index contributed by atoms with van der Waals surface area (Å²) in [7, 11) is -2.02. The van der Waals surface area contributed by atoms with Crippen molar-refractivity contribution in [1.29, 1.82) is 0 Å². The van der Waals surface area contributed by atoms with Gasteiger partial charge in [-0.3, -0.25) is 0 Å². The Morgan fingerprint density at radius 1 is 1.10 bits per heavy atom. The predicted molar refractivity (Wildman–Crippen MR) is 62.3 cm³/mol. The molecule has 21 heavy (non-hydrogen) atoms. The van der Waals surface area contributed by atoms with E-state index in [0.29, 0.717) is 0 Å². The van der Waals surface area contributed by atoms with E-state index >= 15 is 0 Å². The molecule has 1 atom stereocenters. The van der Waals surface area contributed by atoms with Crippen LogP contribution in [0.4, 0.5) is 26.3 Å². The summed E-state index contributed by atoms with van der Waals surface area (Å²) in [5.74, 6) is 0. The van der Waals surface area contributed by atoms with Crippen molar-refractivity contribution >= 4 is 7.32 Å². The maximum Gasteiger partial charge on any atom is 0.640 e. The van der Waals surface area contributed by atoms with Crippen molar-refractivity contribution in [1.82, 2.24) is 0 Å². The molecule has 0 aromatic heterocycles. The largest absolute Gasteiger partial charge is 0.640 e. The fraction of sp³-hybridized carbons (Fsp3) is 1.00. The lowest BCUT2D eigenvalue weighted by atomic mass is 9.78. The smallest absolute Gasteiger partial charge is 0.386 e. The first-order chi connectivity index (χ1) is 9.24. The van der Waals surface area contributed by atoms with E-state index in [0.717, 1.165) is 0 Å². The maximum atomic E-state index is 13.1. The van der Waals surface area contributed by atoms with Crippen LogP contribution in [-0.2, 0) is 14.0 Å². The van der Waals surface area contributed by atoms with Gasteiger partial charge in [0.15, 0.2) is 0 Å². The van der Waals surface area contributed by atoms with Crippen molar-refractivity contribution in [2.24, 2.45) is 5.41 Å². The lowest BCUT2D eigenvalue weighted by Gasteiger charge is -2.47. The molecule has 0 radical (unpaired) electrons. The van der Waals surface area contributed by atoms with E-state index in [1.807, 2.05) is 0 Å². The zero-order valence-corrected chi connectivity index (χ0v) is 12.1. The Hall–Kier alpha value is -0.475. The molecule has 10 heteroatoms. The zero-order valence-electron chi connectivity index (χ0n) is 12.1. The maximum absolute atomic E-state index is 13.1. The molecule has 1 saturated heterocycles. The predicted octanol–water partition coefficient (Wildman–Crippen LogP) is 3.72. The normalized spacial score (nSPS) is 24.3. The zero-order chi connectivity index (χ0) is 16.7. The summed E-state index contributed by atoms with van der Waals surface area (Å²) in [6.07, 6.45) is -14.0. The topological polar surface area (TPSA) is 27.7 Å². The molecule has 0 aliphatic carbocycles. The molecule has 0 aromatic carbocycles. The van der Waals surface area contributed by atoms with Gasteiger partial charge in [0.05, 0.1) is 6.10 Å². The summed E-state index contributed by atoms with van der Waals surface area (Å²) in [5.41, 5.74) is -5.24. The van der Waals surface area contributed by atoms with Crippen molar-refractivity contribution in [2.45, 2.75) is 58.2 Å². The Bertz CT molecular complexity index is 348. The quantitative estimate of drug-likeness (QED) is 0.573. The molecular formula is C11H17BF6O3. The molecule has 1 aliphatic rings. The van der Waals surface area contributed by atoms with Crippen LogP contribution >= 0.6 is 0 Å². The minimum atomic E-state index is -5.63. The van der Waals surface area contributed by atoms with Gasteiger partial charge in [0.1, 0.15) is 0 Å². The van der Waals surface area contributed by atoms with E-state index in [9.17, 15) is 26.3 Å². The highest BCUT2D eigenvalue weighted by Gasteiger charge is 2.75. The lowest BCUT2D eigenvalue weighted by molar-refractivity contribution is -0.382. The molecule has 124 valence electrons. The van der Waals surface area contributed by atoms with Crippen LogP contribution in [0.5, 0.6) is 0 Å². The van der Waals surface area contributed by atoms with Crippen LogP contribution < -0.4 is 0 Å². The Balaban J connectivity index is 3.28. The number of rotatable bonds is 2. The second-order valence-electron chi connectivity index (χ2n) is 5.88. The molecule has 1 heterocycles. The van der Waals surface area contributed by atoms with Crippen molar-refractivity contribution in [3.63, 3.8) is 0 Å². The molecule has 1 aliphatic heterocycles. The van der Waals surface area contributed by atoms with Gasteiger partial charge in [0, 0.05) is 13.0 Å². The summed E-state index contributed by atoms with van der Waals surface area (Å²) in [4.78, 5) is 0. The first kappa shape index (κ1) is 18.6. The van der Waals surface area contributed by atoms with Crippen molar-refractivity contribution < 1.29 is 40.3 Å². The summed E-state index contributed by atoms with van der Waals surface area (Å²) in [5, 5.41) is 0. The van der Waals surface area contributed by atoms with E-state index in [1.54, 1.807) is 0 Å². The molecule has 1 unspecified atom stereocenters. The van der Waals surface area contributed by atoms with Crippen LogP contribution in [0.25, 0.3) is 0 Å². The number of alkyl halides is 6. The SMILES string of the molecule is CCOB1OC(C(C)(C)C)CC(C(F)(F)F)(C(F)(F)F)O1. The molecular weight excluding hydrogens is 305 g/mol. The van der Waals surface area contributed by atoms with Crippen LogP contribution in [-0.4, -0.2) is 38.0 Å². The van der Waals surface area contributed by atoms with E-state index in [-0.39, 0.29) is 6.61 Å². The van der Waals surface area contributed by atoms with E-state index < -0.39 is 43.2 Å². The van der Waals surface area contributed by atoms with Crippen molar-refractivity contribution in [3.05, 3.63) is 0 Å². The Morgan fingerprint density at radius 2 is 1.57 bits per heavy atom. The van der Waals surface area contributed by atoms with E-state index in [4.69, 9.17) is 9.31 Å². The fourth-order valence-corrected chi connectivity index (χ4v) is 1.93. The average Bonchev–Trinajstić information content (AvgIpc) is 2.24. The Labute approximate surface area is 119 Å². The minimum Gasteiger partial charge on any atom is -0.386 e. The highest BCUT2D eigenvalue weighted by atomic mass is 19.4. The number of hydrogen-bond acceptors (Lipinski definition) is 3. The first-order valence-corrected chi connectivity index (χ1v) is 6.33. The van der Waals surface area contributed by atoms with Gasteiger partial charge in [0.2, 0.25) is 0 Å². The molecule has 0 N–H and O–H groups in total. The number of hydrogen-bond donors (Lipinski definition) is 0. The average molecular weight is 322 g/mol. The van der Waals surface area contributed by atoms with E-state index in [1.165, 1.54) is 27.7 Å². The molecule has 0 aromatic rings. The van der Waals surface area contributed by atoms with Crippen molar-refractivity contribution in [2.75, 3.05) is 6.61 Å². The first-order valence-electron chi connectivity index (χ1n) is 6.33. The fourth-order valence-electron chi connectivity index (χ4n) is 1.93. The highest BCUT2D eigenvalue weighted by molar-refractivity contribution is 6.36. The minimum absolute atomic E-state index is 0.146. The van der Waals surface area contributed by atoms with Gasteiger partial charge >= 0.3 is 19.7 Å². The van der Waals surface area contributed by atoms with E-state index in [2.05, 4.69) is 4.65 Å². The highest BCUT2D eigenvalue weighted by Crippen LogP contribution is 2.52. The molecule has 0 amide bonds. The van der Waals surface area contributed by atoms with Gasteiger partial charge in [-0.1, -0.05) is 20.8 Å². The van der Waals surface area contributed by atoms with Crippen molar-refractivity contribution in [3.8, 4) is 0 Å². The number of halogens is 6. The van der Waals surface area contributed by atoms with Crippen LogP contribution in [0.2, 0.25) is 0 Å². The standard InChI is InChI=1S/C11H17BF6O3/c1-5-19-12-20-7(8(2,3)4)6-9(21-12,10(13,14)15)11(16,17)18/h7H,5-6H2,1-4H3. The van der Waals surface area contributed by atoms with Crippen LogP contribution in [0.15, 0.2) is 0 Å². The molecule has 1 fully saturated rings.